The molecule has 0 aliphatic carbocycles. The van der Waals surface area contributed by atoms with E-state index in [4.69, 9.17) is 4.99 Å². The Kier molecular flexibility index (Phi) is 11.1. The van der Waals surface area contributed by atoms with Crippen molar-refractivity contribution >= 4 is 35.6 Å². The molecule has 1 aromatic carbocycles. The number of nitrogens with one attached hydrogen (secondary N) is 1. The summed E-state index contributed by atoms with van der Waals surface area (Å²) in [6, 6.07) is 7.61. The number of para-hydroxylation sites is 2. The van der Waals surface area contributed by atoms with Crippen LogP contribution in [0.3, 0.4) is 0 Å². The minimum atomic E-state index is 0. The van der Waals surface area contributed by atoms with Crippen molar-refractivity contribution in [3.63, 3.8) is 0 Å². The maximum Gasteiger partial charge on any atom is 0.194 e. The highest BCUT2D eigenvalue weighted by atomic mass is 127. The van der Waals surface area contributed by atoms with Crippen molar-refractivity contribution in [2.45, 2.75) is 39.5 Å². The minimum Gasteiger partial charge on any atom is -0.506 e. The molecule has 7 heteroatoms. The Morgan fingerprint density at radius 1 is 1.07 bits per heavy atom. The molecule has 0 atom stereocenters. The fourth-order valence-electron chi connectivity index (χ4n) is 4.23. The van der Waals surface area contributed by atoms with Gasteiger partial charge in [0.05, 0.1) is 5.69 Å². The average Bonchev–Trinajstić information content (AvgIpc) is 2.75. The summed E-state index contributed by atoms with van der Waals surface area (Å²) >= 11 is 0. The number of phenols is 1. The largest absolute Gasteiger partial charge is 0.506 e. The Morgan fingerprint density at radius 2 is 1.77 bits per heavy atom. The first-order valence-electron chi connectivity index (χ1n) is 11.5. The molecule has 0 aromatic heterocycles. The highest BCUT2D eigenvalue weighted by Crippen LogP contribution is 2.27. The molecule has 2 saturated heterocycles. The van der Waals surface area contributed by atoms with Crippen molar-refractivity contribution < 1.29 is 5.11 Å². The second-order valence-electron chi connectivity index (χ2n) is 8.43. The summed E-state index contributed by atoms with van der Waals surface area (Å²) in [5.41, 5.74) is 0.932. The number of halogens is 1. The predicted molar refractivity (Wildman–Crippen MR) is 137 cm³/mol. The second-order valence-corrected chi connectivity index (χ2v) is 8.43. The Morgan fingerprint density at radius 3 is 2.43 bits per heavy atom. The van der Waals surface area contributed by atoms with Crippen LogP contribution in [0.4, 0.5) is 5.69 Å². The van der Waals surface area contributed by atoms with E-state index in [1.54, 1.807) is 6.07 Å². The van der Waals surface area contributed by atoms with Crippen LogP contribution in [-0.4, -0.2) is 79.8 Å². The van der Waals surface area contributed by atoms with Gasteiger partial charge < -0.3 is 25.1 Å². The van der Waals surface area contributed by atoms with Gasteiger partial charge in [0.1, 0.15) is 5.75 Å². The first-order chi connectivity index (χ1) is 14.2. The lowest BCUT2D eigenvalue weighted by Gasteiger charge is -2.37. The van der Waals surface area contributed by atoms with Gasteiger partial charge in [-0.1, -0.05) is 19.1 Å². The standard InChI is InChI=1S/C23H39N5O.HI/c1-3-24-23(25-12-6-7-13-26-14-10-20(2)11-15-26)28-18-16-27(17-19-28)21-8-4-5-9-22(21)29;/h4-5,8-9,20,29H,3,6-7,10-19H2,1-2H3,(H,24,25);1H. The SMILES string of the molecule is CCNC(=NCCCCN1CCC(C)CC1)N1CCN(c2ccccc2O)CC1.I. The number of hydrogen-bond acceptors (Lipinski definition) is 4. The van der Waals surface area contributed by atoms with Crippen LogP contribution in [0.25, 0.3) is 0 Å². The van der Waals surface area contributed by atoms with E-state index in [2.05, 4.69) is 33.9 Å². The van der Waals surface area contributed by atoms with Crippen molar-refractivity contribution in [1.82, 2.24) is 15.1 Å². The quantitative estimate of drug-likeness (QED) is 0.245. The molecule has 30 heavy (non-hydrogen) atoms. The number of aromatic hydroxyl groups is 1. The summed E-state index contributed by atoms with van der Waals surface area (Å²) < 4.78 is 0. The maximum atomic E-state index is 10.1. The highest BCUT2D eigenvalue weighted by Gasteiger charge is 2.21. The smallest absolute Gasteiger partial charge is 0.194 e. The minimum absolute atomic E-state index is 0. The van der Waals surface area contributed by atoms with Gasteiger partial charge in [0, 0.05) is 39.3 Å². The van der Waals surface area contributed by atoms with E-state index in [-0.39, 0.29) is 24.0 Å². The lowest BCUT2D eigenvalue weighted by Crippen LogP contribution is -2.52. The summed E-state index contributed by atoms with van der Waals surface area (Å²) in [6.45, 7) is 13.7. The van der Waals surface area contributed by atoms with E-state index in [1.165, 1.54) is 38.9 Å². The van der Waals surface area contributed by atoms with E-state index < -0.39 is 0 Å². The number of piperazine rings is 1. The number of piperidine rings is 1. The third kappa shape index (κ3) is 7.48. The normalized spacial score (nSPS) is 18.9. The van der Waals surface area contributed by atoms with Crippen LogP contribution in [0.15, 0.2) is 29.3 Å². The molecule has 2 aliphatic rings. The Labute approximate surface area is 199 Å². The van der Waals surface area contributed by atoms with Crippen molar-refractivity contribution in [3.8, 4) is 5.75 Å². The molecule has 2 N–H and O–H groups in total. The van der Waals surface area contributed by atoms with Gasteiger partial charge in [0.15, 0.2) is 5.96 Å². The lowest BCUT2D eigenvalue weighted by molar-refractivity contribution is 0.190. The topological polar surface area (TPSA) is 54.3 Å². The average molecular weight is 530 g/mol. The number of likely N-dealkylation sites (tertiary alicyclic amines) is 1. The Bertz CT molecular complexity index is 640. The highest BCUT2D eigenvalue weighted by molar-refractivity contribution is 14.0. The Balaban J connectivity index is 0.00000320. The number of unbranched alkanes of at least 4 members (excludes halogenated alkanes) is 1. The van der Waals surface area contributed by atoms with Gasteiger partial charge in [-0.2, -0.15) is 0 Å². The second kappa shape index (κ2) is 13.2. The summed E-state index contributed by atoms with van der Waals surface area (Å²) in [7, 11) is 0. The zero-order valence-electron chi connectivity index (χ0n) is 18.7. The third-order valence-electron chi connectivity index (χ3n) is 6.16. The number of guanidine groups is 1. The van der Waals surface area contributed by atoms with Crippen LogP contribution < -0.4 is 10.2 Å². The molecule has 2 aliphatic heterocycles. The lowest BCUT2D eigenvalue weighted by atomic mass is 9.99. The maximum absolute atomic E-state index is 10.1. The van der Waals surface area contributed by atoms with Crippen LogP contribution in [0.2, 0.25) is 0 Å². The number of benzene rings is 1. The number of nitrogens with zero attached hydrogens (tertiary/aromatic N) is 4. The first kappa shape index (κ1) is 25.0. The van der Waals surface area contributed by atoms with Crippen molar-refractivity contribution in [3.05, 3.63) is 24.3 Å². The molecule has 0 radical (unpaired) electrons. The molecule has 0 spiro atoms. The number of phenolic OH excluding ortho intramolecular Hbond substituents is 1. The molecular weight excluding hydrogens is 489 g/mol. The van der Waals surface area contributed by atoms with Crippen molar-refractivity contribution in [2.75, 3.05) is 63.8 Å². The molecule has 3 rings (SSSR count). The van der Waals surface area contributed by atoms with Crippen molar-refractivity contribution in [2.24, 2.45) is 10.9 Å². The fraction of sp³-hybridized carbons (Fsp3) is 0.696. The molecule has 170 valence electrons. The van der Waals surface area contributed by atoms with Gasteiger partial charge >= 0.3 is 0 Å². The van der Waals surface area contributed by atoms with E-state index in [9.17, 15) is 5.11 Å². The van der Waals surface area contributed by atoms with Crippen LogP contribution in [0.1, 0.15) is 39.5 Å². The number of anilines is 1. The van der Waals surface area contributed by atoms with E-state index >= 15 is 0 Å². The van der Waals surface area contributed by atoms with Gasteiger partial charge in [-0.05, 0) is 70.3 Å². The number of aliphatic imine (C=N–C) groups is 1. The first-order valence-corrected chi connectivity index (χ1v) is 11.5. The summed E-state index contributed by atoms with van der Waals surface area (Å²) in [6.07, 6.45) is 5.10. The molecule has 0 amide bonds. The van der Waals surface area contributed by atoms with Gasteiger partial charge in [-0.25, -0.2) is 0 Å². The van der Waals surface area contributed by atoms with Crippen LogP contribution in [-0.2, 0) is 0 Å². The molecular formula is C23H40IN5O. The predicted octanol–water partition coefficient (Wildman–Crippen LogP) is 3.61. The number of rotatable bonds is 7. The van der Waals surface area contributed by atoms with E-state index in [0.717, 1.165) is 63.3 Å². The van der Waals surface area contributed by atoms with Crippen LogP contribution in [0, 0.1) is 5.92 Å². The molecule has 0 saturated carbocycles. The monoisotopic (exact) mass is 529 g/mol. The zero-order valence-corrected chi connectivity index (χ0v) is 21.1. The molecule has 6 nitrogen and oxygen atoms in total. The van der Waals surface area contributed by atoms with Crippen molar-refractivity contribution in [1.29, 1.82) is 0 Å². The van der Waals surface area contributed by atoms with Gasteiger partial charge in [0.25, 0.3) is 0 Å². The molecule has 0 bridgehead atoms. The summed E-state index contributed by atoms with van der Waals surface area (Å²) in [5.74, 6) is 2.31. The molecule has 0 unspecified atom stereocenters. The molecule has 2 heterocycles. The van der Waals surface area contributed by atoms with Gasteiger partial charge in [-0.3, -0.25) is 4.99 Å². The van der Waals surface area contributed by atoms with E-state index in [0.29, 0.717) is 5.75 Å². The van der Waals surface area contributed by atoms with Crippen LogP contribution in [0.5, 0.6) is 5.75 Å². The van der Waals surface area contributed by atoms with E-state index in [1.807, 2.05) is 18.2 Å². The zero-order chi connectivity index (χ0) is 20.5. The third-order valence-corrected chi connectivity index (χ3v) is 6.16. The molecule has 1 aromatic rings. The van der Waals surface area contributed by atoms with Gasteiger partial charge in [-0.15, -0.1) is 24.0 Å². The summed E-state index contributed by atoms with van der Waals surface area (Å²) in [5, 5.41) is 13.6. The summed E-state index contributed by atoms with van der Waals surface area (Å²) in [4.78, 5) is 12.1. The van der Waals surface area contributed by atoms with Gasteiger partial charge in [0.2, 0.25) is 0 Å². The fourth-order valence-corrected chi connectivity index (χ4v) is 4.23. The van der Waals surface area contributed by atoms with Crippen LogP contribution >= 0.6 is 24.0 Å². The molecule has 2 fully saturated rings. The Hall–Kier alpha value is -1.22. The number of hydrogen-bond donors (Lipinski definition) is 2.